The summed E-state index contributed by atoms with van der Waals surface area (Å²) in [5.41, 5.74) is 1.55. The normalized spacial score (nSPS) is 17.8. The molecule has 5 heteroatoms. The Balaban J connectivity index is 1.99. The summed E-state index contributed by atoms with van der Waals surface area (Å²) in [6.07, 6.45) is 3.55. The first-order valence-corrected chi connectivity index (χ1v) is 5.05. The van der Waals surface area contributed by atoms with E-state index in [9.17, 15) is 0 Å². The van der Waals surface area contributed by atoms with E-state index in [1.54, 1.807) is 12.4 Å². The lowest BCUT2D eigenvalue weighted by Crippen LogP contribution is -2.04. The highest BCUT2D eigenvalue weighted by Crippen LogP contribution is 2.07. The summed E-state index contributed by atoms with van der Waals surface area (Å²) >= 11 is 0. The summed E-state index contributed by atoms with van der Waals surface area (Å²) in [6, 6.07) is 5.71. The summed E-state index contributed by atoms with van der Waals surface area (Å²) in [6.45, 7) is 1.28. The molecular formula is C11H9N5. The van der Waals surface area contributed by atoms with Crippen molar-refractivity contribution in [3.63, 3.8) is 0 Å². The minimum Gasteiger partial charge on any atom is -0.259 e. The van der Waals surface area contributed by atoms with Crippen LogP contribution in [0.15, 0.2) is 38.2 Å². The van der Waals surface area contributed by atoms with Crippen LogP contribution in [-0.2, 0) is 0 Å². The lowest BCUT2D eigenvalue weighted by Gasteiger charge is -2.00. The highest BCUT2D eigenvalue weighted by Gasteiger charge is 2.11. The standard InChI is InChI=1S/C11H9N5/c1-2-8(10-12-4-5-13-10)16-9(3-1)11-14-6-7-15-11/h1-4,6H,5,7H2. The van der Waals surface area contributed by atoms with E-state index in [-0.39, 0.29) is 0 Å². The van der Waals surface area contributed by atoms with Gasteiger partial charge in [0.1, 0.15) is 11.4 Å². The summed E-state index contributed by atoms with van der Waals surface area (Å²) in [5.74, 6) is 1.37. The molecule has 2 aliphatic rings. The van der Waals surface area contributed by atoms with Crippen LogP contribution in [0.3, 0.4) is 0 Å². The Morgan fingerprint density at radius 3 is 1.81 bits per heavy atom. The SMILES string of the molecule is C1=NC(c2cccc(C3=NCC=N3)n2)=NC1. The molecule has 1 aromatic rings. The number of aliphatic imine (C=N–C) groups is 4. The van der Waals surface area contributed by atoms with E-state index in [4.69, 9.17) is 0 Å². The number of nitrogens with zero attached hydrogens (tertiary/aromatic N) is 5. The minimum absolute atomic E-state index is 0.639. The van der Waals surface area contributed by atoms with Crippen LogP contribution in [-0.4, -0.2) is 42.2 Å². The van der Waals surface area contributed by atoms with Crippen LogP contribution in [0, 0.1) is 0 Å². The van der Waals surface area contributed by atoms with Crippen LogP contribution < -0.4 is 0 Å². The molecule has 0 atom stereocenters. The molecule has 5 nitrogen and oxygen atoms in total. The maximum atomic E-state index is 4.45. The van der Waals surface area contributed by atoms with E-state index < -0.39 is 0 Å². The van der Waals surface area contributed by atoms with Crippen LogP contribution in [0.2, 0.25) is 0 Å². The van der Waals surface area contributed by atoms with Gasteiger partial charge >= 0.3 is 0 Å². The number of hydrogen-bond acceptors (Lipinski definition) is 5. The quantitative estimate of drug-likeness (QED) is 0.711. The number of rotatable bonds is 2. The summed E-state index contributed by atoms with van der Waals surface area (Å²) < 4.78 is 0. The first-order valence-electron chi connectivity index (χ1n) is 5.05. The van der Waals surface area contributed by atoms with Gasteiger partial charge in [0, 0.05) is 12.4 Å². The average Bonchev–Trinajstić information content (AvgIpc) is 3.03. The summed E-state index contributed by atoms with van der Waals surface area (Å²) in [5, 5.41) is 0. The van der Waals surface area contributed by atoms with Gasteiger partial charge in [0.2, 0.25) is 0 Å². The second kappa shape index (κ2) is 3.77. The molecule has 78 valence electrons. The first-order chi connectivity index (χ1) is 7.93. The highest BCUT2D eigenvalue weighted by molar-refractivity contribution is 6.08. The topological polar surface area (TPSA) is 62.3 Å². The number of aromatic nitrogens is 1. The molecule has 0 spiro atoms. The second-order valence-corrected chi connectivity index (χ2v) is 3.36. The van der Waals surface area contributed by atoms with Crippen LogP contribution in [0.4, 0.5) is 0 Å². The van der Waals surface area contributed by atoms with Gasteiger partial charge in [0.15, 0.2) is 11.7 Å². The van der Waals surface area contributed by atoms with Crippen molar-refractivity contribution < 1.29 is 0 Å². The molecule has 3 heterocycles. The van der Waals surface area contributed by atoms with Crippen molar-refractivity contribution in [2.45, 2.75) is 0 Å². The molecule has 1 aromatic heterocycles. The van der Waals surface area contributed by atoms with Gasteiger partial charge < -0.3 is 0 Å². The van der Waals surface area contributed by atoms with Crippen LogP contribution >= 0.6 is 0 Å². The van der Waals surface area contributed by atoms with Crippen LogP contribution in [0.5, 0.6) is 0 Å². The Hall–Kier alpha value is -2.17. The van der Waals surface area contributed by atoms with Crippen molar-refractivity contribution in [1.82, 2.24) is 4.98 Å². The third kappa shape index (κ3) is 1.56. The monoisotopic (exact) mass is 211 g/mol. The van der Waals surface area contributed by atoms with Crippen molar-refractivity contribution in [3.8, 4) is 0 Å². The van der Waals surface area contributed by atoms with Crippen LogP contribution in [0.25, 0.3) is 0 Å². The maximum absolute atomic E-state index is 4.45. The summed E-state index contributed by atoms with van der Waals surface area (Å²) in [7, 11) is 0. The average molecular weight is 211 g/mol. The predicted octanol–water partition coefficient (Wildman–Crippen LogP) is 0.744. The molecule has 0 fully saturated rings. The molecule has 0 aliphatic carbocycles. The van der Waals surface area contributed by atoms with E-state index in [1.807, 2.05) is 18.2 Å². The Kier molecular flexibility index (Phi) is 2.14. The molecule has 2 aliphatic heterocycles. The zero-order chi connectivity index (χ0) is 10.8. The van der Waals surface area contributed by atoms with Crippen molar-refractivity contribution in [2.75, 3.05) is 13.1 Å². The molecule has 16 heavy (non-hydrogen) atoms. The maximum Gasteiger partial charge on any atom is 0.173 e. The molecule has 0 saturated carbocycles. The number of amidine groups is 2. The van der Waals surface area contributed by atoms with Gasteiger partial charge in [0.05, 0.1) is 13.1 Å². The van der Waals surface area contributed by atoms with Crippen LogP contribution in [0.1, 0.15) is 11.4 Å². The highest BCUT2D eigenvalue weighted by atomic mass is 15.0. The van der Waals surface area contributed by atoms with Gasteiger partial charge in [-0.15, -0.1) is 0 Å². The molecule has 0 saturated heterocycles. The van der Waals surface area contributed by atoms with Crippen molar-refractivity contribution in [3.05, 3.63) is 29.6 Å². The number of hydrogen-bond donors (Lipinski definition) is 0. The number of pyridine rings is 1. The Morgan fingerprint density at radius 1 is 0.812 bits per heavy atom. The predicted molar refractivity (Wildman–Crippen MR) is 64.0 cm³/mol. The third-order valence-electron chi connectivity index (χ3n) is 2.28. The molecule has 3 rings (SSSR count). The smallest absolute Gasteiger partial charge is 0.173 e. The second-order valence-electron chi connectivity index (χ2n) is 3.36. The fourth-order valence-corrected chi connectivity index (χ4v) is 1.57. The molecule has 0 bridgehead atoms. The van der Waals surface area contributed by atoms with Crippen molar-refractivity contribution in [2.24, 2.45) is 20.0 Å². The first kappa shape index (κ1) is 9.08. The Morgan fingerprint density at radius 2 is 1.38 bits per heavy atom. The van der Waals surface area contributed by atoms with Gasteiger partial charge in [0.25, 0.3) is 0 Å². The Bertz CT molecular complexity index is 494. The fraction of sp³-hybridized carbons (Fsp3) is 0.182. The van der Waals surface area contributed by atoms with Crippen molar-refractivity contribution in [1.29, 1.82) is 0 Å². The lowest BCUT2D eigenvalue weighted by molar-refractivity contribution is 1.22. The molecule has 0 amide bonds. The fourth-order valence-electron chi connectivity index (χ4n) is 1.57. The van der Waals surface area contributed by atoms with E-state index >= 15 is 0 Å². The van der Waals surface area contributed by atoms with Gasteiger partial charge in [-0.05, 0) is 12.1 Å². The summed E-state index contributed by atoms with van der Waals surface area (Å²) in [4.78, 5) is 21.2. The third-order valence-corrected chi connectivity index (χ3v) is 2.28. The van der Waals surface area contributed by atoms with E-state index in [0.717, 1.165) is 11.4 Å². The molecule has 0 N–H and O–H groups in total. The largest absolute Gasteiger partial charge is 0.259 e. The van der Waals surface area contributed by atoms with Gasteiger partial charge in [-0.25, -0.2) is 15.0 Å². The molecule has 0 radical (unpaired) electrons. The molecular weight excluding hydrogens is 202 g/mol. The lowest BCUT2D eigenvalue weighted by atomic mass is 10.2. The zero-order valence-electron chi connectivity index (χ0n) is 8.54. The van der Waals surface area contributed by atoms with E-state index in [1.165, 1.54) is 0 Å². The molecule has 0 unspecified atom stereocenters. The Labute approximate surface area is 92.4 Å². The van der Waals surface area contributed by atoms with Gasteiger partial charge in [-0.3, -0.25) is 9.98 Å². The van der Waals surface area contributed by atoms with E-state index in [0.29, 0.717) is 24.8 Å². The van der Waals surface area contributed by atoms with Gasteiger partial charge in [-0.2, -0.15) is 0 Å². The van der Waals surface area contributed by atoms with Crippen molar-refractivity contribution >= 4 is 24.1 Å². The minimum atomic E-state index is 0.639. The van der Waals surface area contributed by atoms with Gasteiger partial charge in [-0.1, -0.05) is 6.07 Å². The molecule has 0 aromatic carbocycles. The zero-order valence-corrected chi connectivity index (χ0v) is 8.54. The van der Waals surface area contributed by atoms with E-state index in [2.05, 4.69) is 25.0 Å².